The zero-order chi connectivity index (χ0) is 14.5. The third-order valence-corrected chi connectivity index (χ3v) is 3.20. The van der Waals surface area contributed by atoms with Crippen LogP contribution in [0, 0.1) is 11.7 Å². The lowest BCUT2D eigenvalue weighted by Gasteiger charge is -2.05. The van der Waals surface area contributed by atoms with Crippen LogP contribution in [-0.4, -0.2) is 36.7 Å². The van der Waals surface area contributed by atoms with Crippen molar-refractivity contribution in [3.63, 3.8) is 0 Å². The van der Waals surface area contributed by atoms with Crippen LogP contribution < -0.4 is 5.32 Å². The average Bonchev–Trinajstić information content (AvgIpc) is 3.19. The minimum atomic E-state index is -1.03. The molecule has 0 spiro atoms. The van der Waals surface area contributed by atoms with Crippen LogP contribution in [0.4, 0.5) is 4.39 Å². The molecule has 20 heavy (non-hydrogen) atoms. The molecule has 2 rings (SSSR count). The first-order valence-electron chi connectivity index (χ1n) is 6.40. The maximum atomic E-state index is 12.8. The number of carboxylic acids is 1. The van der Waals surface area contributed by atoms with Gasteiger partial charge in [-0.25, -0.2) is 9.18 Å². The molecule has 108 valence electrons. The van der Waals surface area contributed by atoms with E-state index in [9.17, 15) is 14.0 Å². The Hall–Kier alpha value is -1.95. The molecule has 1 fully saturated rings. The summed E-state index contributed by atoms with van der Waals surface area (Å²) in [6.45, 7) is 0.0994. The molecular formula is C14H16FNO4. The highest BCUT2D eigenvalue weighted by atomic mass is 19.1. The number of amides is 1. The van der Waals surface area contributed by atoms with Gasteiger partial charge in [0.05, 0.1) is 6.61 Å². The van der Waals surface area contributed by atoms with Crippen LogP contribution in [0.15, 0.2) is 24.3 Å². The Morgan fingerprint density at radius 1 is 1.35 bits per heavy atom. The summed E-state index contributed by atoms with van der Waals surface area (Å²) < 4.78 is 17.6. The van der Waals surface area contributed by atoms with E-state index >= 15 is 0 Å². The minimum Gasteiger partial charge on any atom is -0.480 e. The van der Waals surface area contributed by atoms with Gasteiger partial charge in [0.15, 0.2) is 0 Å². The van der Waals surface area contributed by atoms with Gasteiger partial charge < -0.3 is 15.2 Å². The molecule has 5 nitrogen and oxygen atoms in total. The van der Waals surface area contributed by atoms with Crippen molar-refractivity contribution < 1.29 is 23.8 Å². The summed E-state index contributed by atoms with van der Waals surface area (Å²) in [7, 11) is 0. The first kappa shape index (κ1) is 14.5. The summed E-state index contributed by atoms with van der Waals surface area (Å²) in [4.78, 5) is 22.0. The number of hydrogen-bond donors (Lipinski definition) is 2. The van der Waals surface area contributed by atoms with E-state index in [2.05, 4.69) is 5.32 Å². The normalized spacial score (nSPS) is 20.4. The summed E-state index contributed by atoms with van der Waals surface area (Å²) in [6, 6.07) is 6.18. The van der Waals surface area contributed by atoms with Gasteiger partial charge in [0.1, 0.15) is 12.4 Å². The van der Waals surface area contributed by atoms with Crippen molar-refractivity contribution in [3.8, 4) is 0 Å². The van der Waals surface area contributed by atoms with Crippen molar-refractivity contribution in [1.29, 1.82) is 0 Å². The lowest BCUT2D eigenvalue weighted by atomic mass is 10.1. The van der Waals surface area contributed by atoms with Crippen molar-refractivity contribution in [2.24, 2.45) is 5.92 Å². The Morgan fingerprint density at radius 2 is 2.05 bits per heavy atom. The van der Waals surface area contributed by atoms with E-state index < -0.39 is 5.97 Å². The monoisotopic (exact) mass is 281 g/mol. The molecule has 1 saturated carbocycles. The van der Waals surface area contributed by atoms with Gasteiger partial charge in [0, 0.05) is 12.5 Å². The Labute approximate surface area is 115 Å². The molecule has 1 aliphatic rings. The highest BCUT2D eigenvalue weighted by Gasteiger charge is 2.43. The molecule has 0 aromatic heterocycles. The molecule has 0 radical (unpaired) electrons. The maximum Gasteiger partial charge on any atom is 0.329 e. The second-order valence-corrected chi connectivity index (χ2v) is 4.74. The third kappa shape index (κ3) is 4.03. The standard InChI is InChI=1S/C14H16FNO4/c15-10-3-1-9(2-4-10)11-7-12(11)14(19)16-5-6-20-8-13(17)18/h1-4,11-12H,5-8H2,(H,16,19)(H,17,18). The van der Waals surface area contributed by atoms with Crippen LogP contribution in [0.2, 0.25) is 0 Å². The maximum absolute atomic E-state index is 12.8. The Morgan fingerprint density at radius 3 is 2.70 bits per heavy atom. The quantitative estimate of drug-likeness (QED) is 0.735. The second-order valence-electron chi connectivity index (χ2n) is 4.74. The van der Waals surface area contributed by atoms with E-state index in [1.54, 1.807) is 12.1 Å². The predicted octanol–water partition coefficient (Wildman–Crippen LogP) is 1.15. The molecule has 0 bridgehead atoms. The second kappa shape index (κ2) is 6.47. The average molecular weight is 281 g/mol. The number of nitrogens with one attached hydrogen (secondary N) is 1. The summed E-state index contributed by atoms with van der Waals surface area (Å²) >= 11 is 0. The molecule has 0 aliphatic heterocycles. The third-order valence-electron chi connectivity index (χ3n) is 3.20. The molecule has 1 aromatic carbocycles. The number of benzene rings is 1. The van der Waals surface area contributed by atoms with E-state index in [1.807, 2.05) is 0 Å². The highest BCUT2D eigenvalue weighted by Crippen LogP contribution is 2.47. The number of carbonyl (C=O) groups excluding carboxylic acids is 1. The summed E-state index contributed by atoms with van der Waals surface area (Å²) in [5, 5.41) is 11.1. The molecule has 0 heterocycles. The van der Waals surface area contributed by atoms with Crippen LogP contribution in [-0.2, 0) is 14.3 Å². The Kier molecular flexibility index (Phi) is 4.68. The largest absolute Gasteiger partial charge is 0.480 e. The van der Waals surface area contributed by atoms with Crippen molar-refractivity contribution in [1.82, 2.24) is 5.32 Å². The topological polar surface area (TPSA) is 75.6 Å². The van der Waals surface area contributed by atoms with Crippen LogP contribution in [0.25, 0.3) is 0 Å². The summed E-state index contributed by atoms with van der Waals surface area (Å²) in [6.07, 6.45) is 0.757. The minimum absolute atomic E-state index is 0.0711. The zero-order valence-electron chi connectivity index (χ0n) is 10.8. The van der Waals surface area contributed by atoms with Gasteiger partial charge in [-0.05, 0) is 30.0 Å². The van der Waals surface area contributed by atoms with E-state index in [0.29, 0.717) is 6.54 Å². The van der Waals surface area contributed by atoms with Gasteiger partial charge >= 0.3 is 5.97 Å². The first-order chi connectivity index (χ1) is 9.58. The van der Waals surface area contributed by atoms with Crippen LogP contribution in [0.3, 0.4) is 0 Å². The smallest absolute Gasteiger partial charge is 0.329 e. The fourth-order valence-corrected chi connectivity index (χ4v) is 2.10. The molecule has 2 atom stereocenters. The highest BCUT2D eigenvalue weighted by molar-refractivity contribution is 5.82. The van der Waals surface area contributed by atoms with E-state index in [0.717, 1.165) is 12.0 Å². The summed E-state index contributed by atoms with van der Waals surface area (Å²) in [5.41, 5.74) is 0.966. The SMILES string of the molecule is O=C(O)COCCNC(=O)C1CC1c1ccc(F)cc1. The van der Waals surface area contributed by atoms with Crippen molar-refractivity contribution in [3.05, 3.63) is 35.6 Å². The Bertz CT molecular complexity index is 488. The molecule has 0 saturated heterocycles. The summed E-state index contributed by atoms with van der Waals surface area (Å²) in [5.74, 6) is -1.32. The van der Waals surface area contributed by atoms with Gasteiger partial charge in [-0.15, -0.1) is 0 Å². The van der Waals surface area contributed by atoms with Gasteiger partial charge in [0.2, 0.25) is 5.91 Å². The molecule has 1 amide bonds. The van der Waals surface area contributed by atoms with Crippen LogP contribution in [0.1, 0.15) is 17.9 Å². The molecule has 6 heteroatoms. The molecule has 2 unspecified atom stereocenters. The fraction of sp³-hybridized carbons (Fsp3) is 0.429. The number of rotatable bonds is 7. The first-order valence-corrected chi connectivity index (χ1v) is 6.40. The number of carbonyl (C=O) groups is 2. The molecular weight excluding hydrogens is 265 g/mol. The lowest BCUT2D eigenvalue weighted by molar-refractivity contribution is -0.142. The van der Waals surface area contributed by atoms with E-state index in [1.165, 1.54) is 12.1 Å². The number of hydrogen-bond acceptors (Lipinski definition) is 3. The van der Waals surface area contributed by atoms with Crippen molar-refractivity contribution >= 4 is 11.9 Å². The fourth-order valence-electron chi connectivity index (χ4n) is 2.10. The number of aliphatic carboxylic acids is 1. The van der Waals surface area contributed by atoms with Gasteiger partial charge in [-0.2, -0.15) is 0 Å². The number of halogens is 1. The molecule has 2 N–H and O–H groups in total. The lowest BCUT2D eigenvalue weighted by Crippen LogP contribution is -2.29. The molecule has 1 aliphatic carbocycles. The predicted molar refractivity (Wildman–Crippen MR) is 68.7 cm³/mol. The molecule has 1 aromatic rings. The van der Waals surface area contributed by atoms with Gasteiger partial charge in [-0.3, -0.25) is 4.79 Å². The zero-order valence-corrected chi connectivity index (χ0v) is 10.8. The van der Waals surface area contributed by atoms with Crippen molar-refractivity contribution in [2.45, 2.75) is 12.3 Å². The van der Waals surface area contributed by atoms with Crippen LogP contribution >= 0.6 is 0 Å². The number of carboxylic acid groups (broad SMARTS) is 1. The van der Waals surface area contributed by atoms with Crippen molar-refractivity contribution in [2.75, 3.05) is 19.8 Å². The van der Waals surface area contributed by atoms with E-state index in [-0.39, 0.29) is 36.8 Å². The van der Waals surface area contributed by atoms with Gasteiger partial charge in [-0.1, -0.05) is 12.1 Å². The number of ether oxygens (including phenoxy) is 1. The van der Waals surface area contributed by atoms with E-state index in [4.69, 9.17) is 9.84 Å². The van der Waals surface area contributed by atoms with Gasteiger partial charge in [0.25, 0.3) is 0 Å². The Balaban J connectivity index is 1.68. The van der Waals surface area contributed by atoms with Crippen LogP contribution in [0.5, 0.6) is 0 Å².